The van der Waals surface area contributed by atoms with E-state index in [1.807, 2.05) is 69.3 Å². The maximum Gasteiger partial charge on any atom is 0.326 e. The molecule has 0 radical (unpaired) electrons. The van der Waals surface area contributed by atoms with E-state index in [0.29, 0.717) is 44.8 Å². The average molecular weight is 532 g/mol. The Bertz CT molecular complexity index is 1300. The zero-order chi connectivity index (χ0) is 27.8. The Balaban J connectivity index is 1.61. The summed E-state index contributed by atoms with van der Waals surface area (Å²) in [6.45, 7) is 7.88. The highest BCUT2D eigenvalue weighted by Crippen LogP contribution is 2.32. The van der Waals surface area contributed by atoms with Crippen LogP contribution >= 0.6 is 0 Å². The number of amides is 1. The third kappa shape index (κ3) is 7.05. The van der Waals surface area contributed by atoms with Crippen LogP contribution < -0.4 is 10.1 Å². The Labute approximate surface area is 230 Å². The Hall–Kier alpha value is -3.68. The average Bonchev–Trinajstić information content (AvgIpc) is 3.41. The van der Waals surface area contributed by atoms with Crippen LogP contribution in [0.5, 0.6) is 5.75 Å². The van der Waals surface area contributed by atoms with E-state index in [1.165, 1.54) is 5.56 Å². The maximum atomic E-state index is 13.3. The van der Waals surface area contributed by atoms with Crippen LogP contribution in [0, 0.1) is 6.92 Å². The molecule has 7 nitrogen and oxygen atoms in total. The summed E-state index contributed by atoms with van der Waals surface area (Å²) >= 11 is 0. The van der Waals surface area contributed by atoms with Crippen molar-refractivity contribution in [3.8, 4) is 16.9 Å². The predicted octanol–water partition coefficient (Wildman–Crippen LogP) is 5.87. The lowest BCUT2D eigenvalue weighted by Crippen LogP contribution is -2.40. The van der Waals surface area contributed by atoms with Gasteiger partial charge in [-0.05, 0) is 77.9 Å². The minimum Gasteiger partial charge on any atom is -0.493 e. The van der Waals surface area contributed by atoms with Crippen molar-refractivity contribution in [3.05, 3.63) is 88.5 Å². The number of fused-ring (bicyclic) bond motifs is 1. The predicted molar refractivity (Wildman–Crippen MR) is 150 cm³/mol. The summed E-state index contributed by atoms with van der Waals surface area (Å²) < 4.78 is 17.8. The summed E-state index contributed by atoms with van der Waals surface area (Å²) in [4.78, 5) is 25.0. The number of hydrogen-bond donors (Lipinski definition) is 2. The van der Waals surface area contributed by atoms with Gasteiger partial charge < -0.3 is 24.6 Å². The standard InChI is InChI=1S/C32H37NO6/c1-4-8-28(32(35)36)33-31(34)26-13-11-22(17-27(26)25-10-7-6-9-21(25)3)19-39-30(20-37-5-2)23-12-14-29-24(18-23)15-16-38-29/h6-7,9-14,17-18,28,30H,4-5,8,15-16,19-20H2,1-3H3,(H,33,34)(H,35,36)/t28-,30-/m0/s1. The van der Waals surface area contributed by atoms with E-state index in [1.54, 1.807) is 6.07 Å². The molecule has 7 heteroatoms. The topological polar surface area (TPSA) is 94.1 Å². The highest BCUT2D eigenvalue weighted by atomic mass is 16.5. The lowest BCUT2D eigenvalue weighted by molar-refractivity contribution is -0.139. The van der Waals surface area contributed by atoms with Crippen molar-refractivity contribution < 1.29 is 28.9 Å². The zero-order valence-corrected chi connectivity index (χ0v) is 22.9. The van der Waals surface area contributed by atoms with Crippen molar-refractivity contribution in [1.82, 2.24) is 5.32 Å². The lowest BCUT2D eigenvalue weighted by Gasteiger charge is -2.20. The highest BCUT2D eigenvalue weighted by Gasteiger charge is 2.23. The fourth-order valence-corrected chi connectivity index (χ4v) is 4.83. The van der Waals surface area contributed by atoms with Gasteiger partial charge >= 0.3 is 5.97 Å². The molecule has 0 spiro atoms. The van der Waals surface area contributed by atoms with Crippen molar-refractivity contribution in [1.29, 1.82) is 0 Å². The van der Waals surface area contributed by atoms with Gasteiger partial charge in [0.15, 0.2) is 0 Å². The normalized spacial score (nSPS) is 13.8. The van der Waals surface area contributed by atoms with Crippen LogP contribution in [0.15, 0.2) is 60.7 Å². The smallest absolute Gasteiger partial charge is 0.326 e. The second kappa shape index (κ2) is 13.4. The quantitative estimate of drug-likeness (QED) is 0.286. The van der Waals surface area contributed by atoms with Crippen LogP contribution in [0.1, 0.15) is 65.4 Å². The van der Waals surface area contributed by atoms with Gasteiger partial charge in [0.25, 0.3) is 5.91 Å². The molecule has 206 valence electrons. The van der Waals surface area contributed by atoms with E-state index < -0.39 is 17.9 Å². The van der Waals surface area contributed by atoms with Crippen LogP contribution in [0.2, 0.25) is 0 Å². The number of carbonyl (C=O) groups excluding carboxylic acids is 1. The Morgan fingerprint density at radius 2 is 1.87 bits per heavy atom. The van der Waals surface area contributed by atoms with Crippen molar-refractivity contribution in [3.63, 3.8) is 0 Å². The van der Waals surface area contributed by atoms with Gasteiger partial charge in [-0.1, -0.05) is 49.7 Å². The highest BCUT2D eigenvalue weighted by molar-refractivity contribution is 6.02. The first-order valence-corrected chi connectivity index (χ1v) is 13.6. The minimum absolute atomic E-state index is 0.258. The number of nitrogens with one attached hydrogen (secondary N) is 1. The first kappa shape index (κ1) is 28.3. The van der Waals surface area contributed by atoms with Gasteiger partial charge in [0.1, 0.15) is 17.9 Å². The molecular formula is C32H37NO6. The minimum atomic E-state index is -1.04. The van der Waals surface area contributed by atoms with E-state index in [2.05, 4.69) is 11.4 Å². The van der Waals surface area contributed by atoms with Crippen LogP contribution in [-0.2, 0) is 27.3 Å². The number of ether oxygens (including phenoxy) is 3. The summed E-state index contributed by atoms with van der Waals surface area (Å²) in [6, 6.07) is 18.6. The van der Waals surface area contributed by atoms with Gasteiger partial charge in [-0.3, -0.25) is 4.79 Å². The second-order valence-corrected chi connectivity index (χ2v) is 9.77. The third-order valence-corrected chi connectivity index (χ3v) is 6.95. The van der Waals surface area contributed by atoms with Gasteiger partial charge in [-0.2, -0.15) is 0 Å². The van der Waals surface area contributed by atoms with E-state index in [9.17, 15) is 14.7 Å². The Kier molecular flexibility index (Phi) is 9.74. The summed E-state index contributed by atoms with van der Waals surface area (Å²) in [5.74, 6) is -0.517. The first-order chi connectivity index (χ1) is 18.9. The summed E-state index contributed by atoms with van der Waals surface area (Å²) in [7, 11) is 0. The molecule has 3 aromatic rings. The van der Waals surface area contributed by atoms with E-state index in [-0.39, 0.29) is 6.10 Å². The Morgan fingerprint density at radius 3 is 2.62 bits per heavy atom. The SMILES string of the molecule is CCC[C@H](NC(=O)c1ccc(CO[C@@H](COCC)c2ccc3c(c2)CCO3)cc1-c1ccccc1C)C(=O)O. The number of aliphatic carboxylic acids is 1. The molecule has 1 amide bonds. The number of carbonyl (C=O) groups is 2. The number of benzene rings is 3. The molecule has 39 heavy (non-hydrogen) atoms. The number of hydrogen-bond acceptors (Lipinski definition) is 5. The summed E-state index contributed by atoms with van der Waals surface area (Å²) in [6.07, 6.45) is 1.64. The van der Waals surface area contributed by atoms with Crippen LogP contribution in [0.3, 0.4) is 0 Å². The molecule has 0 saturated heterocycles. The summed E-state index contributed by atoms with van der Waals surface area (Å²) in [5.41, 5.74) is 6.22. The summed E-state index contributed by atoms with van der Waals surface area (Å²) in [5, 5.41) is 12.3. The largest absolute Gasteiger partial charge is 0.493 e. The van der Waals surface area contributed by atoms with E-state index in [0.717, 1.165) is 40.0 Å². The fourth-order valence-electron chi connectivity index (χ4n) is 4.83. The van der Waals surface area contributed by atoms with Crippen molar-refractivity contribution >= 4 is 11.9 Å². The number of carboxylic acid groups (broad SMARTS) is 1. The molecule has 2 atom stereocenters. The molecule has 0 saturated carbocycles. The molecule has 3 aromatic carbocycles. The van der Waals surface area contributed by atoms with Crippen LogP contribution in [0.4, 0.5) is 0 Å². The van der Waals surface area contributed by atoms with Crippen molar-refractivity contribution in [2.45, 2.75) is 58.8 Å². The Morgan fingerprint density at radius 1 is 1.05 bits per heavy atom. The first-order valence-electron chi connectivity index (χ1n) is 13.6. The number of carboxylic acids is 1. The van der Waals surface area contributed by atoms with Gasteiger partial charge in [0.05, 0.1) is 19.8 Å². The maximum absolute atomic E-state index is 13.3. The molecule has 1 aliphatic heterocycles. The van der Waals surface area contributed by atoms with Crippen molar-refractivity contribution in [2.24, 2.45) is 0 Å². The second-order valence-electron chi connectivity index (χ2n) is 9.77. The van der Waals surface area contributed by atoms with Gasteiger partial charge in [0, 0.05) is 18.6 Å². The lowest BCUT2D eigenvalue weighted by atomic mass is 9.93. The van der Waals surface area contributed by atoms with Crippen LogP contribution in [-0.4, -0.2) is 42.8 Å². The third-order valence-electron chi connectivity index (χ3n) is 6.95. The molecule has 2 N–H and O–H groups in total. The molecule has 1 heterocycles. The molecule has 0 bridgehead atoms. The van der Waals surface area contributed by atoms with Crippen LogP contribution in [0.25, 0.3) is 11.1 Å². The molecule has 1 aliphatic rings. The number of aryl methyl sites for hydroxylation is 1. The van der Waals surface area contributed by atoms with E-state index >= 15 is 0 Å². The molecule has 0 aromatic heterocycles. The zero-order valence-electron chi connectivity index (χ0n) is 22.9. The molecule has 4 rings (SSSR count). The van der Waals surface area contributed by atoms with Crippen molar-refractivity contribution in [2.75, 3.05) is 19.8 Å². The number of rotatable bonds is 13. The van der Waals surface area contributed by atoms with E-state index in [4.69, 9.17) is 14.2 Å². The molecule has 0 unspecified atom stereocenters. The van der Waals surface area contributed by atoms with Gasteiger partial charge in [-0.15, -0.1) is 0 Å². The molecular weight excluding hydrogens is 494 g/mol. The molecule has 0 fully saturated rings. The fraction of sp³-hybridized carbons (Fsp3) is 0.375. The monoisotopic (exact) mass is 531 g/mol. The molecule has 0 aliphatic carbocycles. The van der Waals surface area contributed by atoms with Gasteiger partial charge in [-0.25, -0.2) is 4.79 Å². The van der Waals surface area contributed by atoms with Gasteiger partial charge in [0.2, 0.25) is 0 Å².